The van der Waals surface area contributed by atoms with Gasteiger partial charge in [0.1, 0.15) is 5.82 Å². The fraction of sp³-hybridized carbons (Fsp3) is 0.500. The number of hydrogen-bond acceptors (Lipinski definition) is 3. The van der Waals surface area contributed by atoms with E-state index in [1.165, 1.54) is 17.8 Å². The maximum atomic E-state index is 14.1. The molecular weight excluding hydrogens is 303 g/mol. The van der Waals surface area contributed by atoms with Gasteiger partial charge in [-0.1, -0.05) is 31.0 Å². The molecule has 2 amide bonds. The topological polar surface area (TPSA) is 72.2 Å². The molecule has 2 rings (SSSR count). The Kier molecular flexibility index (Phi) is 6.24. The lowest BCUT2D eigenvalue weighted by molar-refractivity contribution is -0.119. The van der Waals surface area contributed by atoms with Gasteiger partial charge in [0.25, 0.3) is 0 Å². The summed E-state index contributed by atoms with van der Waals surface area (Å²) in [4.78, 5) is 22.8. The van der Waals surface area contributed by atoms with Crippen LogP contribution in [0, 0.1) is 11.7 Å². The first kappa shape index (κ1) is 16.8. The summed E-state index contributed by atoms with van der Waals surface area (Å²) in [5.41, 5.74) is 5.59. The number of rotatable bonds is 7. The number of carbonyl (C=O) groups excluding carboxylic acids is 2. The highest BCUT2D eigenvalue weighted by atomic mass is 32.2. The molecular formula is C16H21FN2O2S. The van der Waals surface area contributed by atoms with Crippen molar-refractivity contribution >= 4 is 23.6 Å². The Labute approximate surface area is 134 Å². The molecule has 1 atom stereocenters. The second kappa shape index (κ2) is 8.17. The Morgan fingerprint density at radius 1 is 1.27 bits per heavy atom. The van der Waals surface area contributed by atoms with E-state index < -0.39 is 5.91 Å². The lowest BCUT2D eigenvalue weighted by Crippen LogP contribution is -2.34. The Hall–Kier alpha value is -1.56. The van der Waals surface area contributed by atoms with Crippen molar-refractivity contribution in [1.82, 2.24) is 5.32 Å². The highest BCUT2D eigenvalue weighted by molar-refractivity contribution is 8.00. The van der Waals surface area contributed by atoms with E-state index in [4.69, 9.17) is 5.73 Å². The molecule has 0 radical (unpaired) electrons. The van der Waals surface area contributed by atoms with E-state index in [-0.39, 0.29) is 35.2 Å². The molecule has 0 aliphatic heterocycles. The van der Waals surface area contributed by atoms with Crippen molar-refractivity contribution in [3.05, 3.63) is 35.6 Å². The second-order valence-electron chi connectivity index (χ2n) is 5.57. The fourth-order valence-electron chi connectivity index (χ4n) is 2.93. The molecule has 1 aromatic carbocycles. The van der Waals surface area contributed by atoms with Crippen LogP contribution in [0.4, 0.5) is 4.39 Å². The van der Waals surface area contributed by atoms with Crippen LogP contribution in [0.3, 0.4) is 0 Å². The first-order valence-corrected chi connectivity index (χ1v) is 8.63. The van der Waals surface area contributed by atoms with Gasteiger partial charge in [-0.3, -0.25) is 9.59 Å². The second-order valence-corrected chi connectivity index (χ2v) is 6.56. The van der Waals surface area contributed by atoms with Gasteiger partial charge in [0.2, 0.25) is 11.8 Å². The summed E-state index contributed by atoms with van der Waals surface area (Å²) >= 11 is 1.17. The van der Waals surface area contributed by atoms with Crippen molar-refractivity contribution in [1.29, 1.82) is 0 Å². The monoisotopic (exact) mass is 324 g/mol. The van der Waals surface area contributed by atoms with E-state index in [2.05, 4.69) is 5.32 Å². The molecule has 120 valence electrons. The van der Waals surface area contributed by atoms with Gasteiger partial charge in [0.05, 0.1) is 17.5 Å². The minimum atomic E-state index is -0.445. The number of thioether (sulfide) groups is 1. The van der Waals surface area contributed by atoms with E-state index in [1.807, 2.05) is 0 Å². The third kappa shape index (κ3) is 4.73. The number of halogens is 1. The molecule has 0 spiro atoms. The van der Waals surface area contributed by atoms with E-state index >= 15 is 0 Å². The number of carbonyl (C=O) groups is 2. The van der Waals surface area contributed by atoms with Gasteiger partial charge >= 0.3 is 0 Å². The first-order valence-electron chi connectivity index (χ1n) is 7.47. The Morgan fingerprint density at radius 3 is 2.59 bits per heavy atom. The summed E-state index contributed by atoms with van der Waals surface area (Å²) in [6.45, 7) is 0. The maximum Gasteiger partial charge on any atom is 0.230 e. The van der Waals surface area contributed by atoms with Gasteiger partial charge in [0.15, 0.2) is 0 Å². The molecule has 1 aliphatic rings. The van der Waals surface area contributed by atoms with Gasteiger partial charge in [-0.05, 0) is 24.8 Å². The number of nitrogens with one attached hydrogen (secondary N) is 1. The summed E-state index contributed by atoms with van der Waals surface area (Å²) in [6.07, 6.45) is 4.21. The molecule has 1 aliphatic carbocycles. The van der Waals surface area contributed by atoms with Crippen LogP contribution in [0.15, 0.2) is 24.3 Å². The van der Waals surface area contributed by atoms with Crippen molar-refractivity contribution in [3.8, 4) is 0 Å². The SMILES string of the molecule is NC(=O)CSCC(=O)N[C@@H](c1ccccc1F)C1CCCC1. The van der Waals surface area contributed by atoms with Crippen LogP contribution in [0.5, 0.6) is 0 Å². The first-order chi connectivity index (χ1) is 10.6. The van der Waals surface area contributed by atoms with E-state index in [9.17, 15) is 14.0 Å². The lowest BCUT2D eigenvalue weighted by atomic mass is 9.91. The molecule has 0 heterocycles. The summed E-state index contributed by atoms with van der Waals surface area (Å²) in [5, 5.41) is 2.94. The van der Waals surface area contributed by atoms with Crippen LogP contribution < -0.4 is 11.1 Å². The highest BCUT2D eigenvalue weighted by Gasteiger charge is 2.29. The van der Waals surface area contributed by atoms with E-state index in [1.54, 1.807) is 18.2 Å². The average molecular weight is 324 g/mol. The quantitative estimate of drug-likeness (QED) is 0.809. The van der Waals surface area contributed by atoms with Crippen LogP contribution in [0.2, 0.25) is 0 Å². The van der Waals surface area contributed by atoms with Crippen LogP contribution in [-0.2, 0) is 9.59 Å². The summed E-state index contributed by atoms with van der Waals surface area (Å²) in [5.74, 6) is -0.390. The summed E-state index contributed by atoms with van der Waals surface area (Å²) < 4.78 is 14.1. The molecule has 1 aromatic rings. The zero-order valence-corrected chi connectivity index (χ0v) is 13.2. The fourth-order valence-corrected chi connectivity index (χ4v) is 3.50. The molecule has 0 bridgehead atoms. The molecule has 1 saturated carbocycles. The van der Waals surface area contributed by atoms with Crippen molar-refractivity contribution < 1.29 is 14.0 Å². The van der Waals surface area contributed by atoms with Crippen molar-refractivity contribution in [2.75, 3.05) is 11.5 Å². The molecule has 3 N–H and O–H groups in total. The van der Waals surface area contributed by atoms with Crippen molar-refractivity contribution in [2.45, 2.75) is 31.7 Å². The summed E-state index contributed by atoms with van der Waals surface area (Å²) in [6, 6.07) is 6.29. The lowest BCUT2D eigenvalue weighted by Gasteiger charge is -2.25. The third-order valence-electron chi connectivity index (χ3n) is 3.91. The minimum Gasteiger partial charge on any atom is -0.369 e. The summed E-state index contributed by atoms with van der Waals surface area (Å²) in [7, 11) is 0. The van der Waals surface area contributed by atoms with E-state index in [0.717, 1.165) is 25.7 Å². The molecule has 1 fully saturated rings. The molecule has 0 aromatic heterocycles. The minimum absolute atomic E-state index is 0.112. The van der Waals surface area contributed by atoms with Crippen molar-refractivity contribution in [2.24, 2.45) is 11.7 Å². The van der Waals surface area contributed by atoms with Crippen molar-refractivity contribution in [3.63, 3.8) is 0 Å². The third-order valence-corrected chi connectivity index (χ3v) is 4.86. The smallest absolute Gasteiger partial charge is 0.230 e. The van der Waals surface area contributed by atoms with Crippen LogP contribution >= 0.6 is 11.8 Å². The predicted molar refractivity (Wildman–Crippen MR) is 85.8 cm³/mol. The normalized spacial score (nSPS) is 16.4. The predicted octanol–water partition coefficient (Wildman–Crippen LogP) is 2.39. The molecule has 6 heteroatoms. The van der Waals surface area contributed by atoms with Crippen LogP contribution in [-0.4, -0.2) is 23.3 Å². The van der Waals surface area contributed by atoms with Gasteiger partial charge in [-0.25, -0.2) is 4.39 Å². The molecule has 4 nitrogen and oxygen atoms in total. The Bertz CT molecular complexity index is 533. The van der Waals surface area contributed by atoms with Crippen LogP contribution in [0.1, 0.15) is 37.3 Å². The zero-order chi connectivity index (χ0) is 15.9. The Balaban J connectivity index is 2.03. The number of hydrogen-bond donors (Lipinski definition) is 2. The number of primary amides is 1. The number of nitrogens with two attached hydrogens (primary N) is 1. The van der Waals surface area contributed by atoms with Gasteiger partial charge in [0, 0.05) is 5.56 Å². The molecule has 22 heavy (non-hydrogen) atoms. The molecule has 0 unspecified atom stereocenters. The Morgan fingerprint density at radius 2 is 1.95 bits per heavy atom. The highest BCUT2D eigenvalue weighted by Crippen LogP contribution is 2.36. The maximum absolute atomic E-state index is 14.1. The van der Waals surface area contributed by atoms with Gasteiger partial charge in [-0.15, -0.1) is 11.8 Å². The van der Waals surface area contributed by atoms with Crippen LogP contribution in [0.25, 0.3) is 0 Å². The van der Waals surface area contributed by atoms with Gasteiger partial charge in [-0.2, -0.15) is 0 Å². The average Bonchev–Trinajstić information content (AvgIpc) is 2.99. The van der Waals surface area contributed by atoms with E-state index in [0.29, 0.717) is 5.56 Å². The standard InChI is InChI=1S/C16H21FN2O2S/c17-13-8-4-3-7-12(13)16(11-5-1-2-6-11)19-15(21)10-22-9-14(18)20/h3-4,7-8,11,16H,1-2,5-6,9-10H2,(H2,18,20)(H,19,21)/t16-/m1/s1. The number of amides is 2. The number of benzene rings is 1. The largest absolute Gasteiger partial charge is 0.369 e. The van der Waals surface area contributed by atoms with Gasteiger partial charge < -0.3 is 11.1 Å². The molecule has 0 saturated heterocycles. The zero-order valence-electron chi connectivity index (χ0n) is 12.4.